The van der Waals surface area contributed by atoms with E-state index in [1.807, 2.05) is 87.5 Å². The van der Waals surface area contributed by atoms with E-state index in [2.05, 4.69) is 224 Å². The zero-order chi connectivity index (χ0) is 75.2. The summed E-state index contributed by atoms with van der Waals surface area (Å²) in [5, 5.41) is 17.2. The molecule has 0 heterocycles. The highest BCUT2D eigenvalue weighted by Gasteiger charge is 2.35. The molecule has 0 aliphatic heterocycles. The normalized spacial score (nSPS) is 10.9. The summed E-state index contributed by atoms with van der Waals surface area (Å²) in [5.74, 6) is 2.27. The molecule has 21 heteroatoms. The molecule has 0 saturated carbocycles. The van der Waals surface area contributed by atoms with Crippen LogP contribution in [0.25, 0.3) is 0 Å². The summed E-state index contributed by atoms with van der Waals surface area (Å²) >= 11 is 0. The van der Waals surface area contributed by atoms with Crippen LogP contribution in [-0.2, 0) is 63.0 Å². The van der Waals surface area contributed by atoms with E-state index in [1.54, 1.807) is 42.5 Å². The van der Waals surface area contributed by atoms with Gasteiger partial charge in [-0.25, -0.2) is 16.8 Å². The number of aryl methyl sites for hydroxylation is 3. The fourth-order valence-electron chi connectivity index (χ4n) is 9.33. The molecular formula is C84H89ClO14S6. The summed E-state index contributed by atoms with van der Waals surface area (Å²) in [7, 11) is -12.2. The first-order valence-electron chi connectivity index (χ1n) is 32.4. The molecule has 0 unspecified atom stereocenters. The molecule has 0 amide bonds. The average Bonchev–Trinajstić information content (AvgIpc) is 0.810. The van der Waals surface area contributed by atoms with Crippen molar-refractivity contribution in [3.05, 3.63) is 344 Å². The predicted molar refractivity (Wildman–Crippen MR) is 418 cm³/mol. The zero-order valence-electron chi connectivity index (χ0n) is 59.9. The molecule has 0 spiro atoms. The van der Waals surface area contributed by atoms with E-state index in [9.17, 15) is 39.5 Å². The number of phenols is 1. The number of hydrogen-bond donors (Lipinski definition) is 3. The van der Waals surface area contributed by atoms with Crippen molar-refractivity contribution in [1.29, 1.82) is 0 Å². The SMILES string of the molecule is CC(C)(C)Oc1ccccc1[S+](c1ccccc1)c1ccccc1.CC(C)(C)Oc1ccccc1[S+](c1ccccc1)c1ccccc1.CO.Cc1ccc(S(=O)(=O)O)cc1.Cc1ccc(S(=O)(=O)[O-])cc1.Cc1ccc(S(=O)(=O)[O-])cc1.O.Oc1ccccc1[S+](c1ccccc1)c1ccccc1.[Cl-]. The Bertz CT molecular complexity index is 4400. The van der Waals surface area contributed by atoms with Gasteiger partial charge in [0, 0.05) is 7.11 Å². The first-order valence-corrected chi connectivity index (χ1v) is 40.3. The van der Waals surface area contributed by atoms with Gasteiger partial charge in [-0.05, 0) is 208 Å². The van der Waals surface area contributed by atoms with Crippen LogP contribution in [0, 0.1) is 20.8 Å². The number of ether oxygens (including phenoxy) is 2. The fourth-order valence-corrected chi connectivity index (χ4v) is 17.2. The maximum atomic E-state index is 10.5. The Hall–Kier alpha value is -8.97. The van der Waals surface area contributed by atoms with Crippen LogP contribution in [0.1, 0.15) is 58.2 Å². The van der Waals surface area contributed by atoms with Crippen LogP contribution in [0.4, 0.5) is 0 Å². The van der Waals surface area contributed by atoms with Gasteiger partial charge < -0.3 is 46.7 Å². The number of phenolic OH excluding ortho intramolecular Hbond substituents is 1. The lowest BCUT2D eigenvalue weighted by Gasteiger charge is -2.22. The van der Waals surface area contributed by atoms with E-state index in [4.69, 9.17) is 19.1 Å². The predicted octanol–water partition coefficient (Wildman–Crippen LogP) is 15.2. The smallest absolute Gasteiger partial charge is 0.294 e. The fraction of sp³-hybridized carbons (Fsp3) is 0.143. The van der Waals surface area contributed by atoms with Gasteiger partial charge in [0.1, 0.15) is 64.1 Å². The van der Waals surface area contributed by atoms with Crippen molar-refractivity contribution in [3.8, 4) is 17.2 Å². The zero-order valence-corrected chi connectivity index (χ0v) is 65.6. The molecule has 0 bridgehead atoms. The number of aliphatic hydroxyl groups excluding tert-OH is 1. The van der Waals surface area contributed by atoms with Crippen LogP contribution in [0.2, 0.25) is 0 Å². The van der Waals surface area contributed by atoms with Crippen LogP contribution in [-0.4, -0.2) is 72.9 Å². The maximum absolute atomic E-state index is 10.5. The average molecular weight is 1550 g/mol. The van der Waals surface area contributed by atoms with Gasteiger partial charge in [0.2, 0.25) is 14.7 Å². The third-order valence-electron chi connectivity index (χ3n) is 13.9. The first-order chi connectivity index (χ1) is 48.9. The van der Waals surface area contributed by atoms with E-state index in [0.717, 1.165) is 40.2 Å². The molecule has 0 aromatic heterocycles. The van der Waals surface area contributed by atoms with Crippen LogP contribution < -0.4 is 21.9 Å². The molecule has 552 valence electrons. The van der Waals surface area contributed by atoms with Gasteiger partial charge in [-0.1, -0.05) is 199 Å². The van der Waals surface area contributed by atoms with Crippen LogP contribution in [0.15, 0.2) is 386 Å². The standard InChI is InChI=1S/2C22H23OS.C18H14OS.3C7H8O3S.CH4O.ClH.H2O/c2*1-22(2,3)23-20-16-10-11-17-21(20)24(18-12-6-4-7-13-18)19-14-8-5-9-15-19;19-17-13-7-8-14-18(17)20(15-9-3-1-4-10-15)16-11-5-2-6-12-16;3*1-6-2-4-7(5-3-6)11(8,9)10;1-2;;/h2*4-17H,1-3H3;1-14H;3*2-5H,1H3,(H,8,9,10);2H,1H3;1H;1H2/q2*+1;;;;;;;/p-2. The molecule has 12 aromatic rings. The summed E-state index contributed by atoms with van der Waals surface area (Å²) in [6.07, 6.45) is 0. The molecule has 5 N–H and O–H groups in total. The van der Waals surface area contributed by atoms with Crippen molar-refractivity contribution in [2.75, 3.05) is 7.11 Å². The van der Waals surface area contributed by atoms with Gasteiger partial charge in [-0.2, -0.15) is 8.42 Å². The van der Waals surface area contributed by atoms with E-state index >= 15 is 0 Å². The van der Waals surface area contributed by atoms with E-state index in [0.29, 0.717) is 5.75 Å². The Labute approximate surface area is 635 Å². The lowest BCUT2D eigenvalue weighted by molar-refractivity contribution is -0.0000434. The van der Waals surface area contributed by atoms with Crippen molar-refractivity contribution in [1.82, 2.24) is 0 Å². The number of rotatable bonds is 14. The topological polar surface area (TPSA) is 259 Å². The minimum Gasteiger partial charge on any atom is -1.00 e. The van der Waals surface area contributed by atoms with E-state index in [-0.39, 0.29) is 76.5 Å². The molecule has 0 aliphatic carbocycles. The van der Waals surface area contributed by atoms with Gasteiger partial charge in [-0.15, -0.1) is 0 Å². The number of aliphatic hydroxyl groups is 1. The third-order valence-corrected chi connectivity index (χ3v) is 23.2. The number of aromatic hydroxyl groups is 1. The lowest BCUT2D eigenvalue weighted by atomic mass is 10.2. The Morgan fingerprint density at radius 3 is 0.724 bits per heavy atom. The minimum atomic E-state index is -4.27. The number of halogens is 1. The Morgan fingerprint density at radius 1 is 0.305 bits per heavy atom. The van der Waals surface area contributed by atoms with Gasteiger partial charge in [0.25, 0.3) is 10.1 Å². The van der Waals surface area contributed by atoms with Crippen molar-refractivity contribution >= 4 is 63.0 Å². The highest BCUT2D eigenvalue weighted by molar-refractivity contribution is 7.97. The van der Waals surface area contributed by atoms with Crippen molar-refractivity contribution in [2.45, 2.75) is 132 Å². The van der Waals surface area contributed by atoms with Crippen molar-refractivity contribution < 1.29 is 76.5 Å². The largest absolute Gasteiger partial charge is 1.00 e. The van der Waals surface area contributed by atoms with Crippen molar-refractivity contribution in [3.63, 3.8) is 0 Å². The first kappa shape index (κ1) is 88.4. The van der Waals surface area contributed by atoms with Gasteiger partial charge in [0.15, 0.2) is 46.6 Å². The number of para-hydroxylation sites is 3. The summed E-state index contributed by atoms with van der Waals surface area (Å²) in [5.41, 5.74) is 2.36. The summed E-state index contributed by atoms with van der Waals surface area (Å²) in [6, 6.07) is 105. The summed E-state index contributed by atoms with van der Waals surface area (Å²) < 4.78 is 104. The van der Waals surface area contributed by atoms with Crippen molar-refractivity contribution in [2.24, 2.45) is 0 Å². The molecule has 14 nitrogen and oxygen atoms in total. The van der Waals surface area contributed by atoms with Gasteiger partial charge in [-0.3, -0.25) is 4.55 Å². The van der Waals surface area contributed by atoms with Gasteiger partial charge in [0.05, 0.1) is 14.7 Å². The monoisotopic (exact) mass is 1550 g/mol. The minimum absolute atomic E-state index is 0. The van der Waals surface area contributed by atoms with Gasteiger partial charge >= 0.3 is 0 Å². The second kappa shape index (κ2) is 42.9. The number of benzene rings is 12. The highest BCUT2D eigenvalue weighted by Crippen LogP contribution is 2.40. The van der Waals surface area contributed by atoms with Crippen LogP contribution in [0.3, 0.4) is 0 Å². The second-order valence-electron chi connectivity index (χ2n) is 24.4. The lowest BCUT2D eigenvalue weighted by Crippen LogP contribution is -3.00. The molecule has 105 heavy (non-hydrogen) atoms. The molecule has 12 aromatic carbocycles. The van der Waals surface area contributed by atoms with Crippen LogP contribution >= 0.6 is 0 Å². The highest BCUT2D eigenvalue weighted by atomic mass is 35.5. The van der Waals surface area contributed by atoms with Crippen LogP contribution in [0.5, 0.6) is 17.2 Å². The maximum Gasteiger partial charge on any atom is 0.294 e. The molecule has 0 aliphatic rings. The van der Waals surface area contributed by atoms with E-state index in [1.165, 1.54) is 75.6 Å². The molecule has 0 atom stereocenters. The Balaban J connectivity index is 0.000000272. The molecular weight excluding hydrogens is 1460 g/mol. The third kappa shape index (κ3) is 29.8. The van der Waals surface area contributed by atoms with E-state index < -0.39 is 30.4 Å². The quantitative estimate of drug-likeness (QED) is 0.0677. The molecule has 0 fully saturated rings. The summed E-state index contributed by atoms with van der Waals surface area (Å²) in [6.45, 7) is 18.0. The Kier molecular flexibility index (Phi) is 36.1. The molecule has 0 radical (unpaired) electrons. The number of hydrogen-bond acceptors (Lipinski definition) is 12. The Morgan fingerprint density at radius 2 is 0.505 bits per heavy atom. The molecule has 12 rings (SSSR count). The summed E-state index contributed by atoms with van der Waals surface area (Å²) in [4.78, 5) is 10.6. The molecule has 0 saturated heterocycles. The second-order valence-corrected chi connectivity index (χ2v) is 34.6.